The van der Waals surface area contributed by atoms with Crippen LogP contribution in [0.5, 0.6) is 0 Å². The number of amides is 2. The third-order valence-electron chi connectivity index (χ3n) is 5.65. The summed E-state index contributed by atoms with van der Waals surface area (Å²) in [6.07, 6.45) is -4.57. The molecule has 3 aromatic rings. The lowest BCUT2D eigenvalue weighted by Crippen LogP contribution is -2.18. The summed E-state index contributed by atoms with van der Waals surface area (Å²) in [6.45, 7) is 0. The lowest BCUT2D eigenvalue weighted by atomic mass is 10.1. The van der Waals surface area contributed by atoms with E-state index in [0.717, 1.165) is 18.2 Å². The van der Waals surface area contributed by atoms with Gasteiger partial charge in [-0.05, 0) is 48.0 Å². The molecule has 2 N–H and O–H groups in total. The van der Waals surface area contributed by atoms with Crippen molar-refractivity contribution in [3.05, 3.63) is 92.4 Å². The van der Waals surface area contributed by atoms with E-state index in [0.29, 0.717) is 11.6 Å². The summed E-state index contributed by atoms with van der Waals surface area (Å²) in [7, 11) is 0. The van der Waals surface area contributed by atoms with E-state index >= 15 is 0 Å². The normalized spacial score (nSPS) is 18.3. The van der Waals surface area contributed by atoms with Crippen molar-refractivity contribution < 1.29 is 31.5 Å². The van der Waals surface area contributed by atoms with E-state index in [4.69, 9.17) is 34.8 Å². The first-order chi connectivity index (χ1) is 17.2. The molecule has 4 nitrogen and oxygen atoms in total. The molecule has 2 amide bonds. The van der Waals surface area contributed by atoms with Gasteiger partial charge in [0.2, 0.25) is 5.91 Å². The fraction of sp³-hybridized carbons (Fsp3) is 0.167. The van der Waals surface area contributed by atoms with Crippen LogP contribution in [0.1, 0.15) is 27.4 Å². The van der Waals surface area contributed by atoms with Crippen LogP contribution in [0.2, 0.25) is 5.02 Å². The molecule has 0 heterocycles. The van der Waals surface area contributed by atoms with Crippen LogP contribution in [0.15, 0.2) is 59.1 Å². The van der Waals surface area contributed by atoms with Gasteiger partial charge >= 0.3 is 6.18 Å². The Hall–Kier alpha value is -2.40. The smallest absolute Gasteiger partial charge is 0.326 e. The molecular formula is C24H13BrCl3F5N2O2. The number of carbonyl (C=O) groups is 2. The SMILES string of the molecule is O=C(Nc1ccc(F)cc1F)c1cc(NC(=O)[C@H]2[C@H](c3ccc(C(F)(F)F)c(Br)c3)C2(Cl)Cl)ccc1Cl. The highest BCUT2D eigenvalue weighted by atomic mass is 79.9. The van der Waals surface area contributed by atoms with Gasteiger partial charge in [-0.2, -0.15) is 13.2 Å². The monoisotopic (exact) mass is 640 g/mol. The Labute approximate surface area is 230 Å². The van der Waals surface area contributed by atoms with Gasteiger partial charge in [-0.3, -0.25) is 9.59 Å². The highest BCUT2D eigenvalue weighted by Crippen LogP contribution is 2.65. The maximum absolute atomic E-state index is 13.9. The fourth-order valence-corrected chi connectivity index (χ4v) is 5.45. The van der Waals surface area contributed by atoms with Crippen LogP contribution >= 0.6 is 50.7 Å². The maximum Gasteiger partial charge on any atom is 0.417 e. The van der Waals surface area contributed by atoms with E-state index in [1.165, 1.54) is 30.3 Å². The molecule has 0 saturated heterocycles. The summed E-state index contributed by atoms with van der Waals surface area (Å²) in [5, 5.41) is 4.81. The van der Waals surface area contributed by atoms with Gasteiger partial charge in [-0.15, -0.1) is 23.2 Å². The Balaban J connectivity index is 1.51. The molecule has 4 rings (SSSR count). The minimum atomic E-state index is -4.57. The topological polar surface area (TPSA) is 58.2 Å². The second kappa shape index (κ2) is 10.1. The Bertz CT molecular complexity index is 1420. The van der Waals surface area contributed by atoms with Gasteiger partial charge in [-0.1, -0.05) is 33.6 Å². The van der Waals surface area contributed by atoms with E-state index in [9.17, 15) is 31.5 Å². The first-order valence-corrected chi connectivity index (χ1v) is 12.2. The summed E-state index contributed by atoms with van der Waals surface area (Å²) in [4.78, 5) is 25.6. The zero-order valence-electron chi connectivity index (χ0n) is 18.1. The number of hydrogen-bond acceptors (Lipinski definition) is 2. The average molecular weight is 643 g/mol. The van der Waals surface area contributed by atoms with Crippen molar-refractivity contribution in [2.45, 2.75) is 16.4 Å². The van der Waals surface area contributed by atoms with Gasteiger partial charge < -0.3 is 10.6 Å². The molecule has 2 atom stereocenters. The Morgan fingerprint density at radius 1 is 0.946 bits per heavy atom. The molecule has 3 aromatic carbocycles. The lowest BCUT2D eigenvalue weighted by molar-refractivity contribution is -0.138. The molecule has 1 fully saturated rings. The van der Waals surface area contributed by atoms with Crippen LogP contribution in [0, 0.1) is 17.6 Å². The van der Waals surface area contributed by atoms with Gasteiger partial charge in [0.25, 0.3) is 5.91 Å². The Morgan fingerprint density at radius 2 is 1.65 bits per heavy atom. The highest BCUT2D eigenvalue weighted by Gasteiger charge is 2.67. The number of benzene rings is 3. The largest absolute Gasteiger partial charge is 0.417 e. The zero-order chi connectivity index (χ0) is 27.3. The third-order valence-corrected chi connectivity index (χ3v) is 7.58. The van der Waals surface area contributed by atoms with Crippen molar-refractivity contribution in [1.29, 1.82) is 0 Å². The summed E-state index contributed by atoms with van der Waals surface area (Å²) >= 11 is 21.6. The van der Waals surface area contributed by atoms with Gasteiger partial charge in [0, 0.05) is 22.1 Å². The van der Waals surface area contributed by atoms with Crippen molar-refractivity contribution in [1.82, 2.24) is 0 Å². The average Bonchev–Trinajstić information content (AvgIpc) is 3.38. The minimum absolute atomic E-state index is 0.0130. The van der Waals surface area contributed by atoms with Gasteiger partial charge in [-0.25, -0.2) is 8.78 Å². The van der Waals surface area contributed by atoms with E-state index < -0.39 is 51.4 Å². The van der Waals surface area contributed by atoms with Crippen molar-refractivity contribution in [2.75, 3.05) is 10.6 Å². The number of carbonyl (C=O) groups excluding carboxylic acids is 2. The molecule has 0 radical (unpaired) electrons. The van der Waals surface area contributed by atoms with Crippen LogP contribution in [0.4, 0.5) is 33.3 Å². The lowest BCUT2D eigenvalue weighted by Gasteiger charge is -2.11. The Morgan fingerprint density at radius 3 is 2.27 bits per heavy atom. The first kappa shape index (κ1) is 27.6. The summed E-state index contributed by atoms with van der Waals surface area (Å²) < 4.78 is 64.4. The van der Waals surface area contributed by atoms with Crippen molar-refractivity contribution in [2.24, 2.45) is 5.92 Å². The molecule has 0 spiro atoms. The molecule has 0 bridgehead atoms. The second-order valence-corrected chi connectivity index (χ2v) is 10.8. The predicted molar refractivity (Wildman–Crippen MR) is 134 cm³/mol. The summed E-state index contributed by atoms with van der Waals surface area (Å²) in [5.41, 5.74) is -0.843. The molecule has 1 saturated carbocycles. The maximum atomic E-state index is 13.9. The molecule has 0 aliphatic heterocycles. The molecular weight excluding hydrogens is 630 g/mol. The molecule has 1 aliphatic rings. The quantitative estimate of drug-likeness (QED) is 0.218. The van der Waals surface area contributed by atoms with E-state index in [1.807, 2.05) is 0 Å². The predicted octanol–water partition coefficient (Wildman–Crippen LogP) is 8.18. The van der Waals surface area contributed by atoms with Gasteiger partial charge in [0.05, 0.1) is 27.8 Å². The Kier molecular flexibility index (Phi) is 7.51. The molecule has 1 aliphatic carbocycles. The highest BCUT2D eigenvalue weighted by molar-refractivity contribution is 9.10. The van der Waals surface area contributed by atoms with Crippen molar-refractivity contribution in [3.63, 3.8) is 0 Å². The molecule has 0 unspecified atom stereocenters. The number of halogens is 9. The van der Waals surface area contributed by atoms with Crippen LogP contribution in [-0.4, -0.2) is 16.1 Å². The van der Waals surface area contributed by atoms with Gasteiger partial charge in [0.1, 0.15) is 16.0 Å². The third kappa shape index (κ3) is 5.72. The second-order valence-electron chi connectivity index (χ2n) is 8.13. The molecule has 13 heteroatoms. The summed E-state index contributed by atoms with van der Waals surface area (Å²) in [5.74, 6) is -5.11. The first-order valence-electron chi connectivity index (χ1n) is 10.3. The van der Waals surface area contributed by atoms with Crippen LogP contribution in [0.3, 0.4) is 0 Å². The summed E-state index contributed by atoms with van der Waals surface area (Å²) in [6, 6.07) is 9.81. The van der Waals surface area contributed by atoms with Crippen molar-refractivity contribution >= 4 is 73.9 Å². The number of hydrogen-bond donors (Lipinski definition) is 2. The van der Waals surface area contributed by atoms with E-state index in [-0.39, 0.29) is 26.4 Å². The van der Waals surface area contributed by atoms with E-state index in [2.05, 4.69) is 26.6 Å². The molecule has 194 valence electrons. The van der Waals surface area contributed by atoms with Crippen LogP contribution in [-0.2, 0) is 11.0 Å². The standard InChI is InChI=1S/C24H13BrCl3F5N2O2/c25-15-7-10(1-4-14(15)24(31,32)33)19-20(23(19,27)28)22(37)34-12-3-5-16(26)13(9-12)21(36)35-18-6-2-11(29)8-17(18)30/h1-9,19-20H,(H,34,37)(H,35,36)/t19-,20+/m0/s1. The number of anilines is 2. The number of nitrogens with one attached hydrogen (secondary N) is 2. The molecule has 0 aromatic heterocycles. The van der Waals surface area contributed by atoms with Crippen LogP contribution < -0.4 is 10.6 Å². The molecule has 37 heavy (non-hydrogen) atoms. The van der Waals surface area contributed by atoms with E-state index in [1.54, 1.807) is 0 Å². The zero-order valence-corrected chi connectivity index (χ0v) is 21.9. The van der Waals surface area contributed by atoms with Gasteiger partial charge in [0.15, 0.2) is 0 Å². The fourth-order valence-electron chi connectivity index (χ4n) is 3.80. The van der Waals surface area contributed by atoms with Crippen molar-refractivity contribution in [3.8, 4) is 0 Å². The number of rotatable bonds is 5. The minimum Gasteiger partial charge on any atom is -0.326 e. The number of alkyl halides is 5. The van der Waals surface area contributed by atoms with Crippen LogP contribution in [0.25, 0.3) is 0 Å².